The molecular weight excluding hydrogens is 302 g/mol. The maximum atomic E-state index is 11.6. The van der Waals surface area contributed by atoms with Gasteiger partial charge < -0.3 is 24.2 Å². The van der Waals surface area contributed by atoms with E-state index in [1.807, 2.05) is 0 Å². The lowest BCUT2D eigenvalue weighted by Gasteiger charge is -2.07. The highest BCUT2D eigenvalue weighted by atomic mass is 16.6. The van der Waals surface area contributed by atoms with E-state index in [0.717, 1.165) is 5.56 Å². The fourth-order valence-electron chi connectivity index (χ4n) is 1.73. The second kappa shape index (κ2) is 7.83. The van der Waals surface area contributed by atoms with Gasteiger partial charge in [-0.05, 0) is 25.1 Å². The molecule has 0 radical (unpaired) electrons. The summed E-state index contributed by atoms with van der Waals surface area (Å²) in [5.74, 6) is 1.75. The van der Waals surface area contributed by atoms with Crippen molar-refractivity contribution in [2.24, 2.45) is 5.16 Å². The monoisotopic (exact) mass is 319 g/mol. The van der Waals surface area contributed by atoms with Crippen molar-refractivity contribution in [1.29, 1.82) is 0 Å². The van der Waals surface area contributed by atoms with Gasteiger partial charge in [-0.25, -0.2) is 0 Å². The summed E-state index contributed by atoms with van der Waals surface area (Å²) in [6, 6.07) is 6.88. The SMILES string of the molecule is COc1ccc(/C=N/OCC(=O)Nc2cc(C)on2)cc1OC. The first-order chi connectivity index (χ1) is 11.1. The van der Waals surface area contributed by atoms with E-state index in [1.54, 1.807) is 45.4 Å². The summed E-state index contributed by atoms with van der Waals surface area (Å²) in [4.78, 5) is 16.5. The van der Waals surface area contributed by atoms with Gasteiger partial charge in [0, 0.05) is 11.6 Å². The first kappa shape index (κ1) is 16.3. The number of methoxy groups -OCH3 is 2. The van der Waals surface area contributed by atoms with E-state index in [0.29, 0.717) is 23.1 Å². The van der Waals surface area contributed by atoms with Gasteiger partial charge in [0.05, 0.1) is 20.4 Å². The summed E-state index contributed by atoms with van der Waals surface area (Å²) in [5.41, 5.74) is 0.746. The quantitative estimate of drug-likeness (QED) is 0.619. The van der Waals surface area contributed by atoms with Gasteiger partial charge in [0.2, 0.25) is 0 Å². The number of aryl methyl sites for hydroxylation is 1. The number of amides is 1. The number of carbonyl (C=O) groups is 1. The van der Waals surface area contributed by atoms with Gasteiger partial charge in [-0.1, -0.05) is 10.3 Å². The van der Waals surface area contributed by atoms with E-state index in [2.05, 4.69) is 15.6 Å². The maximum absolute atomic E-state index is 11.6. The molecular formula is C15H17N3O5. The number of hydrogen-bond acceptors (Lipinski definition) is 7. The van der Waals surface area contributed by atoms with Gasteiger partial charge in [0.1, 0.15) is 5.76 Å². The number of anilines is 1. The highest BCUT2D eigenvalue weighted by Gasteiger charge is 2.06. The lowest BCUT2D eigenvalue weighted by atomic mass is 10.2. The number of hydrogen-bond donors (Lipinski definition) is 1. The molecule has 122 valence electrons. The van der Waals surface area contributed by atoms with E-state index in [4.69, 9.17) is 18.8 Å². The molecule has 0 aliphatic carbocycles. The average molecular weight is 319 g/mol. The van der Waals surface area contributed by atoms with Gasteiger partial charge >= 0.3 is 0 Å². The molecule has 2 aromatic rings. The van der Waals surface area contributed by atoms with E-state index in [9.17, 15) is 4.79 Å². The Kier molecular flexibility index (Phi) is 5.56. The highest BCUT2D eigenvalue weighted by Crippen LogP contribution is 2.26. The average Bonchev–Trinajstić information content (AvgIpc) is 2.96. The molecule has 8 nitrogen and oxygen atoms in total. The predicted octanol–water partition coefficient (Wildman–Crippen LogP) is 1.99. The number of ether oxygens (including phenoxy) is 2. The summed E-state index contributed by atoms with van der Waals surface area (Å²) in [5, 5.41) is 9.89. The fourth-order valence-corrected chi connectivity index (χ4v) is 1.73. The van der Waals surface area contributed by atoms with Crippen LogP contribution < -0.4 is 14.8 Å². The van der Waals surface area contributed by atoms with Gasteiger partial charge in [-0.15, -0.1) is 0 Å². The zero-order chi connectivity index (χ0) is 16.7. The Hall–Kier alpha value is -3.03. The largest absolute Gasteiger partial charge is 0.493 e. The summed E-state index contributed by atoms with van der Waals surface area (Å²) in [7, 11) is 3.11. The van der Waals surface area contributed by atoms with Crippen molar-refractivity contribution in [2.45, 2.75) is 6.92 Å². The number of benzene rings is 1. The van der Waals surface area contributed by atoms with Crippen molar-refractivity contribution >= 4 is 17.9 Å². The third kappa shape index (κ3) is 4.73. The van der Waals surface area contributed by atoms with Crippen LogP contribution in [-0.4, -0.2) is 38.1 Å². The number of rotatable bonds is 7. The van der Waals surface area contributed by atoms with E-state index in [1.165, 1.54) is 6.21 Å². The molecule has 8 heteroatoms. The first-order valence-electron chi connectivity index (χ1n) is 6.73. The molecule has 1 amide bonds. The summed E-state index contributed by atoms with van der Waals surface area (Å²) >= 11 is 0. The molecule has 0 aliphatic heterocycles. The Balaban J connectivity index is 1.83. The minimum atomic E-state index is -0.386. The Morgan fingerprint density at radius 1 is 1.30 bits per heavy atom. The molecule has 0 aliphatic rings. The van der Waals surface area contributed by atoms with E-state index in [-0.39, 0.29) is 12.5 Å². The predicted molar refractivity (Wildman–Crippen MR) is 83.0 cm³/mol. The molecule has 2 rings (SSSR count). The van der Waals surface area contributed by atoms with Gasteiger partial charge in [0.15, 0.2) is 23.9 Å². The molecule has 0 spiro atoms. The smallest absolute Gasteiger partial charge is 0.266 e. The van der Waals surface area contributed by atoms with Gasteiger partial charge in [0.25, 0.3) is 5.91 Å². The molecule has 1 heterocycles. The lowest BCUT2D eigenvalue weighted by molar-refractivity contribution is -0.120. The summed E-state index contributed by atoms with van der Waals surface area (Å²) in [6.07, 6.45) is 1.47. The van der Waals surface area contributed by atoms with Crippen LogP contribution in [-0.2, 0) is 9.63 Å². The van der Waals surface area contributed by atoms with Crippen LogP contribution in [0.3, 0.4) is 0 Å². The number of carbonyl (C=O) groups excluding carboxylic acids is 1. The molecule has 1 aromatic heterocycles. The number of aromatic nitrogens is 1. The zero-order valence-electron chi connectivity index (χ0n) is 13.0. The molecule has 1 N–H and O–H groups in total. The normalized spacial score (nSPS) is 10.6. The van der Waals surface area contributed by atoms with Crippen LogP contribution in [0.1, 0.15) is 11.3 Å². The topological polar surface area (TPSA) is 95.2 Å². The van der Waals surface area contributed by atoms with Crippen molar-refractivity contribution in [3.8, 4) is 11.5 Å². The molecule has 0 atom stereocenters. The number of oxime groups is 1. The Labute approximate surface area is 133 Å². The molecule has 23 heavy (non-hydrogen) atoms. The standard InChI is InChI=1S/C15H17N3O5/c1-10-6-14(18-23-10)17-15(19)9-22-16-8-11-4-5-12(20-2)13(7-11)21-3/h4-8H,9H2,1-3H3,(H,17,18,19)/b16-8+. The number of nitrogens with zero attached hydrogens (tertiary/aromatic N) is 2. The highest BCUT2D eigenvalue weighted by molar-refractivity contribution is 5.90. The van der Waals surface area contributed by atoms with E-state index < -0.39 is 0 Å². The molecule has 0 saturated carbocycles. The summed E-state index contributed by atoms with van der Waals surface area (Å²) in [6.45, 7) is 1.49. The third-order valence-corrected chi connectivity index (χ3v) is 2.78. The second-order valence-corrected chi connectivity index (χ2v) is 4.49. The van der Waals surface area contributed by atoms with Crippen LogP contribution in [0.4, 0.5) is 5.82 Å². The van der Waals surface area contributed by atoms with Crippen LogP contribution in [0.15, 0.2) is 33.9 Å². The Morgan fingerprint density at radius 2 is 2.09 bits per heavy atom. The second-order valence-electron chi connectivity index (χ2n) is 4.49. The van der Waals surface area contributed by atoms with Crippen LogP contribution in [0.2, 0.25) is 0 Å². The Bertz CT molecular complexity index is 696. The van der Waals surface area contributed by atoms with Crippen molar-refractivity contribution in [1.82, 2.24) is 5.16 Å². The van der Waals surface area contributed by atoms with Crippen LogP contribution >= 0.6 is 0 Å². The van der Waals surface area contributed by atoms with Crippen molar-refractivity contribution < 1.29 is 23.6 Å². The van der Waals surface area contributed by atoms with Crippen LogP contribution in [0, 0.1) is 6.92 Å². The van der Waals surface area contributed by atoms with Crippen molar-refractivity contribution in [2.75, 3.05) is 26.1 Å². The fraction of sp³-hybridized carbons (Fsp3) is 0.267. The Morgan fingerprint density at radius 3 is 2.74 bits per heavy atom. The molecule has 0 saturated heterocycles. The van der Waals surface area contributed by atoms with Crippen LogP contribution in [0.5, 0.6) is 11.5 Å². The summed E-state index contributed by atoms with van der Waals surface area (Å²) < 4.78 is 15.2. The van der Waals surface area contributed by atoms with Gasteiger partial charge in [-0.2, -0.15) is 0 Å². The van der Waals surface area contributed by atoms with Crippen LogP contribution in [0.25, 0.3) is 0 Å². The minimum Gasteiger partial charge on any atom is -0.493 e. The molecule has 0 unspecified atom stereocenters. The lowest BCUT2D eigenvalue weighted by Crippen LogP contribution is -2.17. The minimum absolute atomic E-state index is 0.240. The van der Waals surface area contributed by atoms with Crippen molar-refractivity contribution in [3.63, 3.8) is 0 Å². The number of nitrogens with one attached hydrogen (secondary N) is 1. The van der Waals surface area contributed by atoms with Gasteiger partial charge in [-0.3, -0.25) is 4.79 Å². The molecule has 0 bridgehead atoms. The van der Waals surface area contributed by atoms with Crippen molar-refractivity contribution in [3.05, 3.63) is 35.6 Å². The molecule has 0 fully saturated rings. The zero-order valence-corrected chi connectivity index (χ0v) is 13.0. The van der Waals surface area contributed by atoms with E-state index >= 15 is 0 Å². The third-order valence-electron chi connectivity index (χ3n) is 2.78. The maximum Gasteiger partial charge on any atom is 0.266 e. The molecule has 1 aromatic carbocycles. The first-order valence-corrected chi connectivity index (χ1v) is 6.73.